The van der Waals surface area contributed by atoms with Crippen LogP contribution in [0.2, 0.25) is 0 Å². The first kappa shape index (κ1) is 19.1. The maximum Gasteiger partial charge on any atom is 0.277 e. The number of aryl methyl sites for hydroxylation is 1. The second-order valence-corrected chi connectivity index (χ2v) is 7.36. The van der Waals surface area contributed by atoms with Gasteiger partial charge in [-0.2, -0.15) is 11.8 Å². The Hall–Kier alpha value is -1.25. The van der Waals surface area contributed by atoms with E-state index < -0.39 is 0 Å². The summed E-state index contributed by atoms with van der Waals surface area (Å²) in [6.45, 7) is 6.67. The molecule has 0 fully saturated rings. The molecular weight excluding hydrogens is 346 g/mol. The van der Waals surface area contributed by atoms with E-state index in [0.717, 1.165) is 17.0 Å². The number of hydrogen-bond donors (Lipinski definition) is 0. The molecule has 0 saturated heterocycles. The topological polar surface area (TPSA) is 70.2 Å². The number of rotatable bonds is 9. The van der Waals surface area contributed by atoms with Gasteiger partial charge in [-0.3, -0.25) is 4.79 Å². The lowest BCUT2D eigenvalue weighted by Crippen LogP contribution is -2.14. The van der Waals surface area contributed by atoms with Gasteiger partial charge in [0.2, 0.25) is 5.89 Å². The Bertz CT molecular complexity index is 697. The van der Waals surface area contributed by atoms with Gasteiger partial charge in [-0.25, -0.2) is 0 Å². The van der Waals surface area contributed by atoms with Gasteiger partial charge in [0.05, 0.1) is 24.2 Å². The molecule has 0 aliphatic heterocycles. The molecule has 2 aromatic rings. The predicted octanol–water partition coefficient (Wildman–Crippen LogP) is 3.53. The van der Waals surface area contributed by atoms with Crippen molar-refractivity contribution in [2.24, 2.45) is 0 Å². The van der Waals surface area contributed by atoms with Crippen LogP contribution in [0.3, 0.4) is 0 Å². The minimum atomic E-state index is 0.0635. The first-order chi connectivity index (χ1) is 11.5. The fraction of sp³-hybridized carbons (Fsp3) is 0.562. The molecule has 6 nitrogen and oxygen atoms in total. The molecule has 132 valence electrons. The first-order valence-electron chi connectivity index (χ1n) is 7.62. The van der Waals surface area contributed by atoms with Gasteiger partial charge in [0.25, 0.3) is 5.22 Å². The Morgan fingerprint density at radius 3 is 2.83 bits per heavy atom. The fourth-order valence-corrected chi connectivity index (χ4v) is 3.76. The molecule has 0 spiro atoms. The van der Waals surface area contributed by atoms with E-state index in [1.807, 2.05) is 26.2 Å². The Balaban J connectivity index is 2.05. The number of ketones is 1. The van der Waals surface area contributed by atoms with E-state index in [4.69, 9.17) is 9.15 Å². The van der Waals surface area contributed by atoms with Crippen molar-refractivity contribution in [2.45, 2.75) is 37.8 Å². The summed E-state index contributed by atoms with van der Waals surface area (Å²) in [5, 5.41) is 8.34. The Kier molecular flexibility index (Phi) is 6.94. The van der Waals surface area contributed by atoms with E-state index in [1.165, 1.54) is 11.8 Å². The van der Waals surface area contributed by atoms with Gasteiger partial charge in [-0.15, -0.1) is 10.2 Å². The normalized spacial score (nSPS) is 12.5. The number of carbonyl (C=O) groups is 1. The van der Waals surface area contributed by atoms with E-state index >= 15 is 0 Å². The van der Waals surface area contributed by atoms with Gasteiger partial charge < -0.3 is 13.7 Å². The van der Waals surface area contributed by atoms with E-state index in [1.54, 1.807) is 18.9 Å². The minimum absolute atomic E-state index is 0.0635. The van der Waals surface area contributed by atoms with Crippen LogP contribution in [0, 0.1) is 13.8 Å². The SMILES string of the molecule is COCC(C)n1c(C)cc(C(=O)CSc2nnc(CSC)o2)c1C. The number of carbonyl (C=O) groups excluding carboxylic acids is 1. The number of methoxy groups -OCH3 is 1. The van der Waals surface area contributed by atoms with Gasteiger partial charge >= 0.3 is 0 Å². The number of thioether (sulfide) groups is 2. The zero-order valence-corrected chi connectivity index (χ0v) is 16.3. The maximum atomic E-state index is 12.6. The molecule has 0 aromatic carbocycles. The standard InChI is InChI=1S/C16H23N3O3S2/c1-10-6-13(12(3)19(10)11(2)7-21-4)14(20)8-24-16-18-17-15(22-16)9-23-5/h6,11H,7-9H2,1-5H3. The van der Waals surface area contributed by atoms with Crippen molar-refractivity contribution < 1.29 is 13.9 Å². The Labute approximate surface area is 150 Å². The summed E-state index contributed by atoms with van der Waals surface area (Å²) < 4.78 is 12.9. The highest BCUT2D eigenvalue weighted by Crippen LogP contribution is 2.24. The van der Waals surface area contributed by atoms with Crippen LogP contribution >= 0.6 is 23.5 Å². The maximum absolute atomic E-state index is 12.6. The van der Waals surface area contributed by atoms with Crippen molar-refractivity contribution in [3.8, 4) is 0 Å². The molecule has 0 radical (unpaired) electrons. The van der Waals surface area contributed by atoms with Crippen LogP contribution in [0.25, 0.3) is 0 Å². The zero-order valence-electron chi connectivity index (χ0n) is 14.7. The van der Waals surface area contributed by atoms with Crippen LogP contribution in [0.15, 0.2) is 15.7 Å². The van der Waals surface area contributed by atoms with Gasteiger partial charge in [0.1, 0.15) is 0 Å². The lowest BCUT2D eigenvalue weighted by atomic mass is 10.2. The van der Waals surface area contributed by atoms with Crippen molar-refractivity contribution in [3.63, 3.8) is 0 Å². The molecule has 2 aromatic heterocycles. The number of nitrogens with zero attached hydrogens (tertiary/aromatic N) is 3. The van der Waals surface area contributed by atoms with Crippen molar-refractivity contribution >= 4 is 29.3 Å². The minimum Gasteiger partial charge on any atom is -0.415 e. The third-order valence-electron chi connectivity index (χ3n) is 3.68. The quantitative estimate of drug-likeness (QED) is 0.494. The highest BCUT2D eigenvalue weighted by Gasteiger charge is 2.19. The van der Waals surface area contributed by atoms with Gasteiger partial charge in [-0.05, 0) is 33.1 Å². The second kappa shape index (κ2) is 8.73. The van der Waals surface area contributed by atoms with E-state index in [9.17, 15) is 4.79 Å². The van der Waals surface area contributed by atoms with Crippen LogP contribution in [-0.4, -0.2) is 46.3 Å². The van der Waals surface area contributed by atoms with Crippen LogP contribution in [-0.2, 0) is 10.5 Å². The predicted molar refractivity (Wildman–Crippen MR) is 97.1 cm³/mol. The summed E-state index contributed by atoms with van der Waals surface area (Å²) in [4.78, 5) is 12.6. The van der Waals surface area contributed by atoms with Crippen molar-refractivity contribution in [1.29, 1.82) is 0 Å². The zero-order chi connectivity index (χ0) is 17.7. The highest BCUT2D eigenvalue weighted by molar-refractivity contribution is 7.99. The number of Topliss-reactive ketones (excluding diaryl/α,β-unsaturated/α-hetero) is 1. The van der Waals surface area contributed by atoms with Gasteiger partial charge in [-0.1, -0.05) is 11.8 Å². The van der Waals surface area contributed by atoms with Crippen LogP contribution < -0.4 is 0 Å². The van der Waals surface area contributed by atoms with E-state index in [2.05, 4.69) is 21.7 Å². The van der Waals surface area contributed by atoms with Crippen molar-refractivity contribution in [2.75, 3.05) is 25.7 Å². The first-order valence-corrected chi connectivity index (χ1v) is 10.0. The monoisotopic (exact) mass is 369 g/mol. The van der Waals surface area contributed by atoms with Crippen LogP contribution in [0.5, 0.6) is 0 Å². The molecule has 0 aliphatic rings. The molecule has 1 atom stereocenters. The highest BCUT2D eigenvalue weighted by atomic mass is 32.2. The summed E-state index contributed by atoms with van der Waals surface area (Å²) in [5.41, 5.74) is 2.77. The van der Waals surface area contributed by atoms with Crippen molar-refractivity contribution in [1.82, 2.24) is 14.8 Å². The summed E-state index contributed by atoms with van der Waals surface area (Å²) in [7, 11) is 1.68. The average Bonchev–Trinajstić information content (AvgIpc) is 3.10. The van der Waals surface area contributed by atoms with Crippen molar-refractivity contribution in [3.05, 3.63) is 28.9 Å². The van der Waals surface area contributed by atoms with Crippen LogP contribution in [0.4, 0.5) is 0 Å². The molecule has 0 amide bonds. The largest absolute Gasteiger partial charge is 0.415 e. The molecule has 1 unspecified atom stereocenters. The fourth-order valence-electron chi connectivity index (χ4n) is 2.74. The Morgan fingerprint density at radius 1 is 1.42 bits per heavy atom. The Morgan fingerprint density at radius 2 is 2.17 bits per heavy atom. The van der Waals surface area contributed by atoms with Crippen LogP contribution in [0.1, 0.15) is 40.6 Å². The lowest BCUT2D eigenvalue weighted by Gasteiger charge is -2.17. The third kappa shape index (κ3) is 4.43. The lowest BCUT2D eigenvalue weighted by molar-refractivity contribution is 0.102. The summed E-state index contributed by atoms with van der Waals surface area (Å²) >= 11 is 2.90. The summed E-state index contributed by atoms with van der Waals surface area (Å²) in [6, 6.07) is 2.13. The van der Waals surface area contributed by atoms with Gasteiger partial charge in [0, 0.05) is 24.1 Å². The molecule has 8 heteroatoms. The van der Waals surface area contributed by atoms with Gasteiger partial charge in [0.15, 0.2) is 5.78 Å². The molecule has 0 N–H and O–H groups in total. The number of aromatic nitrogens is 3. The smallest absolute Gasteiger partial charge is 0.277 e. The second-order valence-electron chi connectivity index (χ2n) is 5.57. The number of hydrogen-bond acceptors (Lipinski definition) is 7. The molecule has 0 bridgehead atoms. The van der Waals surface area contributed by atoms with E-state index in [0.29, 0.717) is 23.5 Å². The molecule has 0 aliphatic carbocycles. The molecule has 2 rings (SSSR count). The third-order valence-corrected chi connectivity index (χ3v) is 5.03. The molecular formula is C16H23N3O3S2. The summed E-state index contributed by atoms with van der Waals surface area (Å²) in [6.07, 6.45) is 1.97. The average molecular weight is 370 g/mol. The summed E-state index contributed by atoms with van der Waals surface area (Å²) in [5.74, 6) is 1.61. The molecule has 24 heavy (non-hydrogen) atoms. The molecule has 2 heterocycles. The number of ether oxygens (including phenoxy) is 1. The molecule has 0 saturated carbocycles. The van der Waals surface area contributed by atoms with E-state index in [-0.39, 0.29) is 17.6 Å².